The van der Waals surface area contributed by atoms with Crippen molar-refractivity contribution < 1.29 is 29.5 Å². The highest BCUT2D eigenvalue weighted by Crippen LogP contribution is 2.45. The number of phenols is 1. The van der Waals surface area contributed by atoms with Crippen LogP contribution in [0, 0.1) is 0 Å². The number of hydrogen-bond donors (Lipinski definition) is 3. The zero-order valence-electron chi connectivity index (χ0n) is 17.4. The molecular weight excluding hydrogens is 386 g/mol. The number of ether oxygens (including phenoxy) is 3. The van der Waals surface area contributed by atoms with Crippen LogP contribution in [0.3, 0.4) is 0 Å². The average molecular weight is 415 g/mol. The molecule has 1 fully saturated rings. The molecule has 0 radical (unpaired) electrons. The molecule has 2 aromatic carbocycles. The molecule has 7 heteroatoms. The number of phenolic OH excluding ortho intramolecular Hbond substituents is 1. The third-order valence-corrected chi connectivity index (χ3v) is 6.23. The summed E-state index contributed by atoms with van der Waals surface area (Å²) in [6, 6.07) is 10.3. The first-order valence-electron chi connectivity index (χ1n) is 10.3. The Morgan fingerprint density at radius 2 is 1.83 bits per heavy atom. The van der Waals surface area contributed by atoms with Crippen molar-refractivity contribution in [3.8, 4) is 23.0 Å². The molecule has 0 bridgehead atoms. The molecule has 2 aliphatic heterocycles. The van der Waals surface area contributed by atoms with Gasteiger partial charge in [-0.3, -0.25) is 0 Å². The molecule has 3 N–H and O–H groups in total. The van der Waals surface area contributed by atoms with Gasteiger partial charge in [0.05, 0.1) is 26.4 Å². The molecule has 0 aliphatic carbocycles. The second kappa shape index (κ2) is 8.34. The van der Waals surface area contributed by atoms with Gasteiger partial charge in [-0.2, -0.15) is 0 Å². The van der Waals surface area contributed by atoms with Crippen LogP contribution in [-0.4, -0.2) is 59.7 Å². The van der Waals surface area contributed by atoms with Crippen molar-refractivity contribution in [3.63, 3.8) is 0 Å². The number of piperidine rings is 1. The summed E-state index contributed by atoms with van der Waals surface area (Å²) >= 11 is 0. The Labute approximate surface area is 176 Å². The van der Waals surface area contributed by atoms with Crippen molar-refractivity contribution in [2.24, 2.45) is 0 Å². The molecule has 1 spiro atoms. The van der Waals surface area contributed by atoms with E-state index < -0.39 is 17.8 Å². The van der Waals surface area contributed by atoms with Crippen LogP contribution < -0.4 is 14.2 Å². The van der Waals surface area contributed by atoms with Crippen LogP contribution in [0.1, 0.15) is 42.6 Å². The predicted octanol–water partition coefficient (Wildman–Crippen LogP) is 2.79. The molecule has 30 heavy (non-hydrogen) atoms. The van der Waals surface area contributed by atoms with Crippen LogP contribution in [0.5, 0.6) is 23.0 Å². The molecule has 162 valence electrons. The van der Waals surface area contributed by atoms with E-state index in [1.54, 1.807) is 38.5 Å². The maximum absolute atomic E-state index is 10.7. The van der Waals surface area contributed by atoms with Crippen LogP contribution in [0.2, 0.25) is 0 Å². The Morgan fingerprint density at radius 1 is 1.10 bits per heavy atom. The minimum Gasteiger partial charge on any atom is -0.508 e. The van der Waals surface area contributed by atoms with E-state index in [0.29, 0.717) is 35.8 Å². The summed E-state index contributed by atoms with van der Waals surface area (Å²) in [5.74, 6) is 2.01. The van der Waals surface area contributed by atoms with E-state index >= 15 is 0 Å². The lowest BCUT2D eigenvalue weighted by atomic mass is 9.81. The van der Waals surface area contributed by atoms with Crippen molar-refractivity contribution >= 4 is 0 Å². The standard InChI is InChI=1S/C23H29NO6/c1-28-21-5-3-15(11-22(21)29-2)19(27)14-24-9-7-23(8-10-24)13-18(26)17-12-16(25)4-6-20(17)30-23/h3-6,11-12,18-19,25-27H,7-10,13-14H2,1-2H3/t18-,19-/m1/s1. The summed E-state index contributed by atoms with van der Waals surface area (Å²) in [7, 11) is 3.17. The molecule has 0 aromatic heterocycles. The molecule has 0 saturated carbocycles. The van der Waals surface area contributed by atoms with Crippen molar-refractivity contribution in [1.29, 1.82) is 0 Å². The number of benzene rings is 2. The first-order chi connectivity index (χ1) is 14.4. The SMILES string of the molecule is COc1ccc([C@H](O)CN2CCC3(CC2)C[C@@H](O)c2cc(O)ccc2O3)cc1OC. The Morgan fingerprint density at radius 3 is 2.53 bits per heavy atom. The van der Waals surface area contributed by atoms with Gasteiger partial charge >= 0.3 is 0 Å². The molecule has 1 saturated heterocycles. The Kier molecular flexibility index (Phi) is 5.77. The molecule has 0 amide bonds. The van der Waals surface area contributed by atoms with Crippen molar-refractivity contribution in [2.75, 3.05) is 33.9 Å². The molecule has 2 atom stereocenters. The summed E-state index contributed by atoms with van der Waals surface area (Å²) in [6.07, 6.45) is 0.756. The minimum atomic E-state index is -0.648. The first-order valence-corrected chi connectivity index (χ1v) is 10.3. The van der Waals surface area contributed by atoms with Crippen molar-refractivity contribution in [1.82, 2.24) is 4.90 Å². The fourth-order valence-corrected chi connectivity index (χ4v) is 4.49. The number of hydrogen-bond acceptors (Lipinski definition) is 7. The third kappa shape index (κ3) is 4.05. The van der Waals surface area contributed by atoms with E-state index in [1.165, 1.54) is 0 Å². The van der Waals surface area contributed by atoms with Crippen LogP contribution in [0.4, 0.5) is 0 Å². The van der Waals surface area contributed by atoms with Crippen molar-refractivity contribution in [2.45, 2.75) is 37.1 Å². The van der Waals surface area contributed by atoms with Crippen LogP contribution in [0.25, 0.3) is 0 Å². The fraction of sp³-hybridized carbons (Fsp3) is 0.478. The number of aromatic hydroxyl groups is 1. The molecule has 4 rings (SSSR count). The Balaban J connectivity index is 1.39. The van der Waals surface area contributed by atoms with E-state index in [9.17, 15) is 15.3 Å². The van der Waals surface area contributed by atoms with Gasteiger partial charge in [-0.1, -0.05) is 6.07 Å². The molecule has 2 aromatic rings. The van der Waals surface area contributed by atoms with E-state index in [1.807, 2.05) is 12.1 Å². The van der Waals surface area contributed by atoms with E-state index in [4.69, 9.17) is 14.2 Å². The van der Waals surface area contributed by atoms with Gasteiger partial charge in [0, 0.05) is 31.6 Å². The maximum Gasteiger partial charge on any atom is 0.161 e. The van der Waals surface area contributed by atoms with Gasteiger partial charge < -0.3 is 34.4 Å². The van der Waals surface area contributed by atoms with Gasteiger partial charge in [0.1, 0.15) is 17.1 Å². The largest absolute Gasteiger partial charge is 0.508 e. The third-order valence-electron chi connectivity index (χ3n) is 6.23. The molecule has 0 unspecified atom stereocenters. The Hall–Kier alpha value is -2.48. The number of rotatable bonds is 5. The van der Waals surface area contributed by atoms with Gasteiger partial charge in [-0.05, 0) is 48.7 Å². The monoisotopic (exact) mass is 415 g/mol. The topological polar surface area (TPSA) is 91.6 Å². The summed E-state index contributed by atoms with van der Waals surface area (Å²) in [5.41, 5.74) is 1.02. The van der Waals surface area contributed by atoms with Gasteiger partial charge in [0.15, 0.2) is 11.5 Å². The fourth-order valence-electron chi connectivity index (χ4n) is 4.49. The summed E-state index contributed by atoms with van der Waals surface area (Å²) < 4.78 is 16.9. The van der Waals surface area contributed by atoms with E-state index in [2.05, 4.69) is 4.90 Å². The first kappa shape index (κ1) is 20.8. The number of likely N-dealkylation sites (tertiary alicyclic amines) is 1. The predicted molar refractivity (Wildman–Crippen MR) is 111 cm³/mol. The number of aliphatic hydroxyl groups excluding tert-OH is 2. The van der Waals surface area contributed by atoms with Gasteiger partial charge in [0.25, 0.3) is 0 Å². The number of β-amino-alcohol motifs (C(OH)–C–C–N with tert-alkyl or cyclic N) is 1. The lowest BCUT2D eigenvalue weighted by Crippen LogP contribution is -2.51. The molecular formula is C23H29NO6. The van der Waals surface area contributed by atoms with Crippen LogP contribution >= 0.6 is 0 Å². The molecule has 7 nitrogen and oxygen atoms in total. The zero-order chi connectivity index (χ0) is 21.3. The van der Waals surface area contributed by atoms with Gasteiger partial charge in [-0.15, -0.1) is 0 Å². The average Bonchev–Trinajstić information content (AvgIpc) is 2.75. The highest BCUT2D eigenvalue weighted by Gasteiger charge is 2.43. The van der Waals surface area contributed by atoms with E-state index in [0.717, 1.165) is 31.5 Å². The number of methoxy groups -OCH3 is 2. The summed E-state index contributed by atoms with van der Waals surface area (Å²) in [6.45, 7) is 2.05. The summed E-state index contributed by atoms with van der Waals surface area (Å²) in [5, 5.41) is 31.0. The van der Waals surface area contributed by atoms with Crippen molar-refractivity contribution in [3.05, 3.63) is 47.5 Å². The van der Waals surface area contributed by atoms with Gasteiger partial charge in [-0.25, -0.2) is 0 Å². The highest BCUT2D eigenvalue weighted by atomic mass is 16.5. The van der Waals surface area contributed by atoms with Crippen LogP contribution in [-0.2, 0) is 0 Å². The Bertz CT molecular complexity index is 893. The van der Waals surface area contributed by atoms with E-state index in [-0.39, 0.29) is 5.75 Å². The number of nitrogens with zero attached hydrogens (tertiary/aromatic N) is 1. The zero-order valence-corrected chi connectivity index (χ0v) is 17.4. The number of fused-ring (bicyclic) bond motifs is 1. The normalized spacial score (nSPS) is 21.5. The smallest absolute Gasteiger partial charge is 0.161 e. The second-order valence-corrected chi connectivity index (χ2v) is 8.16. The minimum absolute atomic E-state index is 0.131. The number of aliphatic hydroxyl groups is 2. The quantitative estimate of drug-likeness (QED) is 0.692. The van der Waals surface area contributed by atoms with Gasteiger partial charge in [0.2, 0.25) is 0 Å². The second-order valence-electron chi connectivity index (χ2n) is 8.16. The molecule has 2 heterocycles. The highest BCUT2D eigenvalue weighted by molar-refractivity contribution is 5.44. The van der Waals surface area contributed by atoms with Crippen LogP contribution in [0.15, 0.2) is 36.4 Å². The maximum atomic E-state index is 10.7. The summed E-state index contributed by atoms with van der Waals surface area (Å²) in [4.78, 5) is 2.22. The lowest BCUT2D eigenvalue weighted by Gasteiger charge is -2.46. The lowest BCUT2D eigenvalue weighted by molar-refractivity contribution is -0.0588. The molecule has 2 aliphatic rings.